The van der Waals surface area contributed by atoms with Crippen LogP contribution < -0.4 is 15.7 Å². The predicted molar refractivity (Wildman–Crippen MR) is 110 cm³/mol. The number of carboxylic acids is 1. The van der Waals surface area contributed by atoms with Crippen molar-refractivity contribution in [3.63, 3.8) is 0 Å². The third-order valence-electron chi connectivity index (χ3n) is 4.76. The molecule has 2 aromatic rings. The van der Waals surface area contributed by atoms with Crippen molar-refractivity contribution in [3.8, 4) is 5.75 Å². The fraction of sp³-hybridized carbons (Fsp3) is 0.500. The van der Waals surface area contributed by atoms with E-state index in [0.29, 0.717) is 36.3 Å². The van der Waals surface area contributed by atoms with E-state index in [1.54, 1.807) is 13.0 Å². The molecule has 0 saturated carbocycles. The van der Waals surface area contributed by atoms with E-state index >= 15 is 0 Å². The molecule has 1 heterocycles. The molecule has 29 heavy (non-hydrogen) atoms. The van der Waals surface area contributed by atoms with E-state index in [9.17, 15) is 14.4 Å². The van der Waals surface area contributed by atoms with Gasteiger partial charge in [-0.25, -0.2) is 4.79 Å². The zero-order valence-corrected chi connectivity index (χ0v) is 17.2. The number of benzene rings is 1. The number of carbonyl (C=O) groups is 2. The van der Waals surface area contributed by atoms with E-state index < -0.39 is 17.7 Å². The van der Waals surface area contributed by atoms with Crippen molar-refractivity contribution in [1.82, 2.24) is 5.32 Å². The standard InChI is InChI=1S/C22H29NO6/c1-4-8-16-13-20(26)29-21-14(2)18(11-10-17(16)21)28-15(3)22(27)23-12-7-5-6-9-19(24)25/h10-11,13,15H,4-9,12H2,1-3H3,(H,23,27)(H,24,25). The quantitative estimate of drug-likeness (QED) is 0.439. The maximum absolute atomic E-state index is 12.3. The van der Waals surface area contributed by atoms with Gasteiger partial charge in [0.2, 0.25) is 0 Å². The number of hydrogen-bond donors (Lipinski definition) is 2. The van der Waals surface area contributed by atoms with Crippen molar-refractivity contribution in [2.24, 2.45) is 0 Å². The molecule has 0 radical (unpaired) electrons. The Hall–Kier alpha value is -2.83. The molecule has 2 rings (SSSR count). The van der Waals surface area contributed by atoms with Gasteiger partial charge < -0.3 is 19.6 Å². The molecule has 0 saturated heterocycles. The average Bonchev–Trinajstić information content (AvgIpc) is 2.66. The second-order valence-corrected chi connectivity index (χ2v) is 7.16. The molecular formula is C22H29NO6. The predicted octanol–water partition coefficient (Wildman–Crippen LogP) is 3.58. The van der Waals surface area contributed by atoms with Gasteiger partial charge in [-0.1, -0.05) is 19.8 Å². The van der Waals surface area contributed by atoms with Gasteiger partial charge >= 0.3 is 11.6 Å². The highest BCUT2D eigenvalue weighted by Gasteiger charge is 2.17. The third kappa shape index (κ3) is 6.34. The van der Waals surface area contributed by atoms with Crippen molar-refractivity contribution in [1.29, 1.82) is 0 Å². The second kappa shape index (κ2) is 10.6. The van der Waals surface area contributed by atoms with Crippen molar-refractivity contribution < 1.29 is 23.8 Å². The summed E-state index contributed by atoms with van der Waals surface area (Å²) >= 11 is 0. The molecule has 2 N–H and O–H groups in total. The molecule has 1 unspecified atom stereocenters. The Balaban J connectivity index is 2.00. The van der Waals surface area contributed by atoms with Gasteiger partial charge in [-0.3, -0.25) is 9.59 Å². The van der Waals surface area contributed by atoms with Gasteiger partial charge in [0.25, 0.3) is 5.91 Å². The van der Waals surface area contributed by atoms with Gasteiger partial charge in [0.15, 0.2) is 6.10 Å². The fourth-order valence-electron chi connectivity index (χ4n) is 3.19. The second-order valence-electron chi connectivity index (χ2n) is 7.16. The molecule has 1 atom stereocenters. The topological polar surface area (TPSA) is 106 Å². The summed E-state index contributed by atoms with van der Waals surface area (Å²) in [5, 5.41) is 12.3. The van der Waals surface area contributed by atoms with Crippen molar-refractivity contribution in [3.05, 3.63) is 39.7 Å². The van der Waals surface area contributed by atoms with Crippen LogP contribution in [0.5, 0.6) is 5.75 Å². The maximum atomic E-state index is 12.3. The van der Waals surface area contributed by atoms with Crippen LogP contribution in [0.4, 0.5) is 0 Å². The number of rotatable bonds is 11. The molecule has 0 aliphatic carbocycles. The van der Waals surface area contributed by atoms with Gasteiger partial charge in [-0.15, -0.1) is 0 Å². The Morgan fingerprint density at radius 3 is 2.69 bits per heavy atom. The zero-order valence-electron chi connectivity index (χ0n) is 17.2. The Morgan fingerprint density at radius 1 is 1.24 bits per heavy atom. The first kappa shape index (κ1) is 22.5. The summed E-state index contributed by atoms with van der Waals surface area (Å²) < 4.78 is 11.2. The normalized spacial score (nSPS) is 12.0. The van der Waals surface area contributed by atoms with Crippen LogP contribution >= 0.6 is 0 Å². The number of amides is 1. The van der Waals surface area contributed by atoms with E-state index in [-0.39, 0.29) is 12.3 Å². The van der Waals surface area contributed by atoms with Crippen LogP contribution in [0.3, 0.4) is 0 Å². The molecule has 158 valence electrons. The summed E-state index contributed by atoms with van der Waals surface area (Å²) in [6.07, 6.45) is 3.19. The third-order valence-corrected chi connectivity index (χ3v) is 4.76. The number of fused-ring (bicyclic) bond motifs is 1. The zero-order chi connectivity index (χ0) is 21.4. The van der Waals surface area contributed by atoms with Crippen LogP contribution in [-0.4, -0.2) is 29.6 Å². The first-order chi connectivity index (χ1) is 13.8. The van der Waals surface area contributed by atoms with Gasteiger partial charge in [0.1, 0.15) is 11.3 Å². The summed E-state index contributed by atoms with van der Waals surface area (Å²) in [5.41, 5.74) is 1.73. The van der Waals surface area contributed by atoms with Crippen molar-refractivity contribution in [2.75, 3.05) is 6.54 Å². The highest BCUT2D eigenvalue weighted by molar-refractivity contribution is 5.85. The Kier molecular flexibility index (Phi) is 8.24. The molecule has 1 aromatic heterocycles. The minimum absolute atomic E-state index is 0.144. The van der Waals surface area contributed by atoms with Crippen molar-refractivity contribution in [2.45, 2.75) is 65.4 Å². The Bertz CT molecular complexity index is 917. The lowest BCUT2D eigenvalue weighted by molar-refractivity contribution is -0.137. The first-order valence-electron chi connectivity index (χ1n) is 10.1. The number of carbonyl (C=O) groups excluding carboxylic acids is 1. The highest BCUT2D eigenvalue weighted by Crippen LogP contribution is 2.29. The summed E-state index contributed by atoms with van der Waals surface area (Å²) in [6.45, 7) is 5.99. The average molecular weight is 403 g/mol. The lowest BCUT2D eigenvalue weighted by Gasteiger charge is -2.17. The minimum atomic E-state index is -0.806. The summed E-state index contributed by atoms with van der Waals surface area (Å²) in [7, 11) is 0. The number of unbranched alkanes of at least 4 members (excludes halogenated alkanes) is 2. The molecule has 0 aliphatic rings. The first-order valence-corrected chi connectivity index (χ1v) is 10.1. The van der Waals surface area contributed by atoms with Gasteiger partial charge in [-0.2, -0.15) is 0 Å². The number of aryl methyl sites for hydroxylation is 2. The number of ether oxygens (including phenoxy) is 1. The van der Waals surface area contributed by atoms with E-state index in [1.807, 2.05) is 13.0 Å². The molecule has 7 heteroatoms. The van der Waals surface area contributed by atoms with Crippen LogP contribution in [0.1, 0.15) is 57.1 Å². The molecule has 1 amide bonds. The van der Waals surface area contributed by atoms with E-state index in [4.69, 9.17) is 14.3 Å². The lowest BCUT2D eigenvalue weighted by atomic mass is 10.0. The molecule has 0 fully saturated rings. The van der Waals surface area contributed by atoms with Crippen LogP contribution in [0.15, 0.2) is 27.4 Å². The summed E-state index contributed by atoms with van der Waals surface area (Å²) in [5.74, 6) is -0.554. The number of aliphatic carboxylic acids is 1. The number of nitrogens with one attached hydrogen (secondary N) is 1. The van der Waals surface area contributed by atoms with Gasteiger partial charge in [0.05, 0.1) is 0 Å². The number of hydrogen-bond acceptors (Lipinski definition) is 5. The fourth-order valence-corrected chi connectivity index (χ4v) is 3.19. The Morgan fingerprint density at radius 2 is 2.00 bits per heavy atom. The van der Waals surface area contributed by atoms with Gasteiger partial charge in [0, 0.05) is 30.0 Å². The number of carboxylic acid groups (broad SMARTS) is 1. The molecule has 7 nitrogen and oxygen atoms in total. The SMILES string of the molecule is CCCc1cc(=O)oc2c(C)c(OC(C)C(=O)NCCCCCC(=O)O)ccc12. The smallest absolute Gasteiger partial charge is 0.336 e. The highest BCUT2D eigenvalue weighted by atomic mass is 16.5. The molecule has 0 spiro atoms. The monoisotopic (exact) mass is 403 g/mol. The van der Waals surface area contributed by atoms with E-state index in [2.05, 4.69) is 12.2 Å². The van der Waals surface area contributed by atoms with Crippen LogP contribution in [-0.2, 0) is 16.0 Å². The molecule has 1 aromatic carbocycles. The maximum Gasteiger partial charge on any atom is 0.336 e. The van der Waals surface area contributed by atoms with Crippen LogP contribution in [0.25, 0.3) is 11.0 Å². The van der Waals surface area contributed by atoms with Crippen molar-refractivity contribution >= 4 is 22.8 Å². The molecular weight excluding hydrogens is 374 g/mol. The summed E-state index contributed by atoms with van der Waals surface area (Å²) in [6, 6.07) is 5.18. The lowest BCUT2D eigenvalue weighted by Crippen LogP contribution is -2.36. The Labute approximate surface area is 170 Å². The van der Waals surface area contributed by atoms with Crippen LogP contribution in [0.2, 0.25) is 0 Å². The van der Waals surface area contributed by atoms with E-state index in [0.717, 1.165) is 30.2 Å². The molecule has 0 aliphatic heterocycles. The van der Waals surface area contributed by atoms with Gasteiger partial charge in [-0.05, 0) is 50.8 Å². The largest absolute Gasteiger partial charge is 0.481 e. The van der Waals surface area contributed by atoms with E-state index in [1.165, 1.54) is 6.07 Å². The summed E-state index contributed by atoms with van der Waals surface area (Å²) in [4.78, 5) is 34.6. The minimum Gasteiger partial charge on any atom is -0.481 e. The van der Waals surface area contributed by atoms with Crippen LogP contribution in [0, 0.1) is 6.92 Å². The molecule has 0 bridgehead atoms.